The van der Waals surface area contributed by atoms with Crippen LogP contribution < -0.4 is 0 Å². The summed E-state index contributed by atoms with van der Waals surface area (Å²) < 4.78 is 4.84. The van der Waals surface area contributed by atoms with E-state index in [-0.39, 0.29) is 0 Å². The van der Waals surface area contributed by atoms with Gasteiger partial charge in [-0.3, -0.25) is 0 Å². The monoisotopic (exact) mass is 608 g/mol. The van der Waals surface area contributed by atoms with Gasteiger partial charge in [0.2, 0.25) is 0 Å². The van der Waals surface area contributed by atoms with Crippen LogP contribution in [0.3, 0.4) is 0 Å². The van der Waals surface area contributed by atoms with Crippen molar-refractivity contribution in [2.24, 2.45) is 0 Å². The number of rotatable bonds is 3. The summed E-state index contributed by atoms with van der Waals surface area (Å²) in [4.78, 5) is 0. The molecule has 0 bridgehead atoms. The van der Waals surface area contributed by atoms with Crippen molar-refractivity contribution >= 4 is 75.9 Å². The van der Waals surface area contributed by atoms with Gasteiger partial charge in [0.25, 0.3) is 0 Å². The number of nitrogens with zero attached hydrogens (tertiary/aromatic N) is 2. The molecule has 222 valence electrons. The predicted molar refractivity (Wildman–Crippen MR) is 204 cm³/mol. The van der Waals surface area contributed by atoms with Gasteiger partial charge in [0.05, 0.1) is 22.1 Å². The van der Waals surface area contributed by atoms with Crippen LogP contribution in [0.1, 0.15) is 0 Å². The molecule has 0 aliphatic carbocycles. The Kier molecular flexibility index (Phi) is 5.14. The van der Waals surface area contributed by atoms with Crippen molar-refractivity contribution < 1.29 is 0 Å². The van der Waals surface area contributed by atoms with Crippen molar-refractivity contribution in [1.29, 1.82) is 0 Å². The van der Waals surface area contributed by atoms with E-state index in [1.54, 1.807) is 0 Å². The van der Waals surface area contributed by atoms with Crippen molar-refractivity contribution in [3.63, 3.8) is 0 Å². The smallest absolute Gasteiger partial charge is 0.0548 e. The molecule has 0 unspecified atom stereocenters. The lowest BCUT2D eigenvalue weighted by Crippen LogP contribution is -1.95. The summed E-state index contributed by atoms with van der Waals surface area (Å²) in [7, 11) is 0. The van der Waals surface area contributed by atoms with Gasteiger partial charge in [0.1, 0.15) is 0 Å². The van der Waals surface area contributed by atoms with Crippen molar-refractivity contribution in [2.45, 2.75) is 0 Å². The van der Waals surface area contributed by atoms with Gasteiger partial charge < -0.3 is 9.13 Å². The first-order valence-electron chi connectivity index (χ1n) is 16.6. The van der Waals surface area contributed by atoms with E-state index in [0.29, 0.717) is 0 Å². The Hall–Kier alpha value is -6.38. The van der Waals surface area contributed by atoms with E-state index in [1.165, 1.54) is 92.7 Å². The van der Waals surface area contributed by atoms with Crippen LogP contribution in [0, 0.1) is 0 Å². The molecule has 0 atom stereocenters. The maximum atomic E-state index is 2.44. The predicted octanol–water partition coefficient (Wildman–Crippen LogP) is 12.4. The lowest BCUT2D eigenvalue weighted by Gasteiger charge is -2.15. The molecule has 2 nitrogen and oxygen atoms in total. The Labute approximate surface area is 276 Å². The van der Waals surface area contributed by atoms with Crippen LogP contribution in [-0.4, -0.2) is 9.13 Å². The second-order valence-electron chi connectivity index (χ2n) is 12.9. The number of aromatic nitrogens is 2. The Morgan fingerprint density at radius 3 is 1.46 bits per heavy atom. The third-order valence-corrected chi connectivity index (χ3v) is 10.4. The molecule has 0 spiro atoms. The summed E-state index contributed by atoms with van der Waals surface area (Å²) in [5, 5.41) is 12.9. The van der Waals surface area contributed by atoms with Gasteiger partial charge in [-0.2, -0.15) is 0 Å². The number of hydrogen-bond acceptors (Lipinski definition) is 0. The van der Waals surface area contributed by atoms with E-state index in [0.717, 1.165) is 5.69 Å². The van der Waals surface area contributed by atoms with E-state index in [4.69, 9.17) is 0 Å². The average molecular weight is 609 g/mol. The SMILES string of the molecule is c1ccc(-n2c3ccccc3c3cc4c(cc32)c2ccccc2n4-c2ccc(-c3ccc4ccc5cccc6ccc3c4c56)cc2)cc1. The molecule has 11 aromatic rings. The largest absolute Gasteiger partial charge is 0.309 e. The molecular formula is C46H28N2. The third kappa shape index (κ3) is 3.46. The van der Waals surface area contributed by atoms with Gasteiger partial charge in [0, 0.05) is 32.9 Å². The molecular weight excluding hydrogens is 581 g/mol. The van der Waals surface area contributed by atoms with Crippen LogP contribution in [-0.2, 0) is 0 Å². The van der Waals surface area contributed by atoms with Crippen LogP contribution in [0.25, 0.3) is 98.4 Å². The van der Waals surface area contributed by atoms with Crippen molar-refractivity contribution in [2.75, 3.05) is 0 Å². The summed E-state index contributed by atoms with van der Waals surface area (Å²) >= 11 is 0. The number of fused-ring (bicyclic) bond motifs is 6. The van der Waals surface area contributed by atoms with Crippen LogP contribution in [0.15, 0.2) is 170 Å². The molecule has 11 rings (SSSR count). The second-order valence-corrected chi connectivity index (χ2v) is 12.9. The van der Waals surface area contributed by atoms with Gasteiger partial charge in [-0.25, -0.2) is 0 Å². The summed E-state index contributed by atoms with van der Waals surface area (Å²) in [5.41, 5.74) is 9.71. The Morgan fingerprint density at radius 2 is 0.812 bits per heavy atom. The van der Waals surface area contributed by atoms with E-state index in [9.17, 15) is 0 Å². The summed E-state index contributed by atoms with van der Waals surface area (Å²) in [6.45, 7) is 0. The van der Waals surface area contributed by atoms with Gasteiger partial charge in [-0.15, -0.1) is 0 Å². The third-order valence-electron chi connectivity index (χ3n) is 10.4. The zero-order chi connectivity index (χ0) is 31.3. The first-order valence-corrected chi connectivity index (χ1v) is 16.6. The standard InChI is InChI=1S/C46H28N2/c1-2-11-33(12-3-1)47-41-15-6-4-13-36(41)39-28-44-40(27-43(39)47)37-14-5-7-16-42(37)48(44)34-23-19-29(20-24-34)35-25-21-32-18-17-30-9-8-10-31-22-26-38(35)46(32)45(30)31/h1-28H. The molecule has 0 fully saturated rings. The fourth-order valence-corrected chi connectivity index (χ4v) is 8.34. The topological polar surface area (TPSA) is 9.86 Å². The minimum atomic E-state index is 1.16. The Balaban J connectivity index is 1.14. The van der Waals surface area contributed by atoms with Gasteiger partial charge in [-0.1, -0.05) is 121 Å². The normalized spacial score (nSPS) is 12.2. The fourth-order valence-electron chi connectivity index (χ4n) is 8.34. The number of hydrogen-bond donors (Lipinski definition) is 0. The zero-order valence-electron chi connectivity index (χ0n) is 26.1. The zero-order valence-corrected chi connectivity index (χ0v) is 26.1. The minimum absolute atomic E-state index is 1.16. The summed E-state index contributed by atoms with van der Waals surface area (Å²) in [6, 6.07) is 62.5. The first-order chi connectivity index (χ1) is 23.8. The molecule has 0 aliphatic heterocycles. The molecule has 9 aromatic carbocycles. The maximum Gasteiger partial charge on any atom is 0.0548 e. The average Bonchev–Trinajstić information content (AvgIpc) is 3.65. The Morgan fingerprint density at radius 1 is 0.292 bits per heavy atom. The van der Waals surface area contributed by atoms with Crippen LogP contribution >= 0.6 is 0 Å². The molecule has 0 aliphatic rings. The first kappa shape index (κ1) is 25.8. The number of benzene rings is 9. The van der Waals surface area contributed by atoms with E-state index < -0.39 is 0 Å². The van der Waals surface area contributed by atoms with Gasteiger partial charge >= 0.3 is 0 Å². The fraction of sp³-hybridized carbons (Fsp3) is 0. The lowest BCUT2D eigenvalue weighted by molar-refractivity contribution is 1.17. The molecule has 0 N–H and O–H groups in total. The number of para-hydroxylation sites is 3. The molecule has 2 heteroatoms. The van der Waals surface area contributed by atoms with E-state index in [2.05, 4.69) is 179 Å². The highest BCUT2D eigenvalue weighted by molar-refractivity contribution is 6.25. The highest BCUT2D eigenvalue weighted by atomic mass is 15.0. The van der Waals surface area contributed by atoms with Crippen LogP contribution in [0.5, 0.6) is 0 Å². The van der Waals surface area contributed by atoms with Crippen LogP contribution in [0.2, 0.25) is 0 Å². The van der Waals surface area contributed by atoms with Gasteiger partial charge in [0.15, 0.2) is 0 Å². The van der Waals surface area contributed by atoms with Crippen molar-refractivity contribution in [1.82, 2.24) is 9.13 Å². The molecule has 0 amide bonds. The molecule has 0 radical (unpaired) electrons. The summed E-state index contributed by atoms with van der Waals surface area (Å²) in [6.07, 6.45) is 0. The summed E-state index contributed by atoms with van der Waals surface area (Å²) in [5.74, 6) is 0. The van der Waals surface area contributed by atoms with E-state index >= 15 is 0 Å². The molecule has 48 heavy (non-hydrogen) atoms. The highest BCUT2D eigenvalue weighted by Gasteiger charge is 2.19. The van der Waals surface area contributed by atoms with Crippen molar-refractivity contribution in [3.05, 3.63) is 170 Å². The quantitative estimate of drug-likeness (QED) is 0.177. The van der Waals surface area contributed by atoms with Gasteiger partial charge in [-0.05, 0) is 92.0 Å². The molecule has 2 aromatic heterocycles. The lowest BCUT2D eigenvalue weighted by atomic mass is 9.90. The maximum absolute atomic E-state index is 2.44. The second kappa shape index (κ2) is 9.57. The molecule has 0 saturated heterocycles. The minimum Gasteiger partial charge on any atom is -0.309 e. The van der Waals surface area contributed by atoms with Crippen LogP contribution in [0.4, 0.5) is 0 Å². The molecule has 2 heterocycles. The Bertz CT molecular complexity index is 3020. The molecule has 0 saturated carbocycles. The van der Waals surface area contributed by atoms with Crippen molar-refractivity contribution in [3.8, 4) is 22.5 Å². The highest BCUT2D eigenvalue weighted by Crippen LogP contribution is 2.42. The van der Waals surface area contributed by atoms with E-state index in [1.807, 2.05) is 0 Å².